The summed E-state index contributed by atoms with van der Waals surface area (Å²) in [4.78, 5) is 15.2. The highest BCUT2D eigenvalue weighted by atomic mass is 16.7. The van der Waals surface area contributed by atoms with Gasteiger partial charge in [-0.2, -0.15) is 0 Å². The minimum atomic E-state index is -0.164. The third-order valence-electron chi connectivity index (χ3n) is 3.89. The van der Waals surface area contributed by atoms with Gasteiger partial charge in [-0.3, -0.25) is 4.57 Å². The van der Waals surface area contributed by atoms with Gasteiger partial charge in [0.2, 0.25) is 6.79 Å². The van der Waals surface area contributed by atoms with Gasteiger partial charge >= 0.3 is 5.69 Å². The first kappa shape index (κ1) is 13.7. The van der Waals surface area contributed by atoms with E-state index >= 15 is 0 Å². The smallest absolute Gasteiger partial charge is 0.330 e. The summed E-state index contributed by atoms with van der Waals surface area (Å²) in [6.45, 7) is 4.28. The molecule has 116 valence electrons. The van der Waals surface area contributed by atoms with Crippen molar-refractivity contribution in [3.63, 3.8) is 0 Å². The number of nitrogens with zero attached hydrogens (tertiary/aromatic N) is 1. The third-order valence-corrected chi connectivity index (χ3v) is 3.89. The molecule has 0 aliphatic carbocycles. The number of hydrogen-bond acceptors (Lipinski definition) is 3. The first-order valence-corrected chi connectivity index (χ1v) is 7.40. The Balaban J connectivity index is 1.79. The third kappa shape index (κ3) is 2.40. The van der Waals surface area contributed by atoms with Crippen LogP contribution in [0, 0.1) is 13.8 Å². The molecule has 0 spiro atoms. The monoisotopic (exact) mass is 308 g/mol. The predicted octanol–water partition coefficient (Wildman–Crippen LogP) is 3.18. The van der Waals surface area contributed by atoms with E-state index in [1.165, 1.54) is 0 Å². The molecule has 2 aromatic carbocycles. The van der Waals surface area contributed by atoms with Crippen LogP contribution in [0.1, 0.15) is 11.1 Å². The van der Waals surface area contributed by atoms with Crippen molar-refractivity contribution in [2.75, 3.05) is 6.79 Å². The molecule has 23 heavy (non-hydrogen) atoms. The van der Waals surface area contributed by atoms with Crippen molar-refractivity contribution >= 4 is 0 Å². The topological polar surface area (TPSA) is 56.2 Å². The van der Waals surface area contributed by atoms with Gasteiger partial charge in [-0.15, -0.1) is 0 Å². The number of nitrogens with one attached hydrogen (secondary N) is 1. The van der Waals surface area contributed by atoms with Gasteiger partial charge in [-0.05, 0) is 55.3 Å². The summed E-state index contributed by atoms with van der Waals surface area (Å²) < 4.78 is 12.3. The van der Waals surface area contributed by atoms with Crippen LogP contribution in [0.15, 0.2) is 47.4 Å². The van der Waals surface area contributed by atoms with E-state index in [-0.39, 0.29) is 12.5 Å². The molecule has 1 aromatic heterocycles. The summed E-state index contributed by atoms with van der Waals surface area (Å²) in [5, 5.41) is 0. The molecule has 1 aliphatic heterocycles. The number of ether oxygens (including phenoxy) is 2. The molecule has 4 rings (SSSR count). The van der Waals surface area contributed by atoms with Crippen molar-refractivity contribution in [1.82, 2.24) is 9.55 Å². The summed E-state index contributed by atoms with van der Waals surface area (Å²) in [6.07, 6.45) is 1.81. The van der Waals surface area contributed by atoms with Crippen LogP contribution in [0.5, 0.6) is 11.5 Å². The number of imidazole rings is 1. The largest absolute Gasteiger partial charge is 0.454 e. The number of H-pyrrole nitrogens is 1. The van der Waals surface area contributed by atoms with Crippen molar-refractivity contribution in [3.05, 3.63) is 64.2 Å². The number of aromatic nitrogens is 2. The number of rotatable bonds is 2. The number of hydrogen-bond donors (Lipinski definition) is 1. The Morgan fingerprint density at radius 2 is 1.74 bits per heavy atom. The number of benzene rings is 2. The lowest BCUT2D eigenvalue weighted by atomic mass is 10.1. The molecule has 1 aliphatic rings. The lowest BCUT2D eigenvalue weighted by molar-refractivity contribution is 0.174. The van der Waals surface area contributed by atoms with E-state index in [1.807, 2.05) is 50.4 Å². The molecule has 0 atom stereocenters. The van der Waals surface area contributed by atoms with Crippen LogP contribution in [0.4, 0.5) is 0 Å². The number of aromatic amines is 1. The van der Waals surface area contributed by atoms with Crippen molar-refractivity contribution in [2.45, 2.75) is 13.8 Å². The van der Waals surface area contributed by atoms with E-state index in [4.69, 9.17) is 9.47 Å². The zero-order valence-electron chi connectivity index (χ0n) is 12.9. The molecule has 3 aromatic rings. The van der Waals surface area contributed by atoms with E-state index in [2.05, 4.69) is 11.1 Å². The molecule has 0 saturated carbocycles. The minimum absolute atomic E-state index is 0.164. The molecule has 5 heteroatoms. The standard InChI is InChI=1S/C18H16N2O3/c1-11-5-12(2)7-14(6-11)20-9-15(19-18(20)21)13-3-4-16-17(8-13)23-10-22-16/h3-9H,10H2,1-2H3,(H,19,21). The van der Waals surface area contributed by atoms with Crippen LogP contribution < -0.4 is 15.2 Å². The lowest BCUT2D eigenvalue weighted by Crippen LogP contribution is -2.14. The zero-order valence-corrected chi connectivity index (χ0v) is 12.9. The second-order valence-corrected chi connectivity index (χ2v) is 5.76. The average Bonchev–Trinajstić information content (AvgIpc) is 3.11. The van der Waals surface area contributed by atoms with E-state index in [0.29, 0.717) is 5.75 Å². The van der Waals surface area contributed by atoms with Gasteiger partial charge in [0.25, 0.3) is 0 Å². The Kier molecular flexibility index (Phi) is 3.01. The van der Waals surface area contributed by atoms with Crippen molar-refractivity contribution in [2.24, 2.45) is 0 Å². The molecular formula is C18H16N2O3. The summed E-state index contributed by atoms with van der Waals surface area (Å²) in [5.41, 5.74) is 4.57. The minimum Gasteiger partial charge on any atom is -0.454 e. The molecule has 0 amide bonds. The second kappa shape index (κ2) is 5.05. The first-order valence-electron chi connectivity index (χ1n) is 7.40. The van der Waals surface area contributed by atoms with Gasteiger partial charge in [-0.1, -0.05) is 6.07 Å². The van der Waals surface area contributed by atoms with E-state index in [9.17, 15) is 4.79 Å². The quantitative estimate of drug-likeness (QED) is 0.791. The maximum Gasteiger partial charge on any atom is 0.330 e. The SMILES string of the molecule is Cc1cc(C)cc(-n2cc(-c3ccc4c(c3)OCO4)[nH]c2=O)c1. The summed E-state index contributed by atoms with van der Waals surface area (Å²) in [6, 6.07) is 11.7. The molecule has 5 nitrogen and oxygen atoms in total. The van der Waals surface area contributed by atoms with Crippen LogP contribution in [0.2, 0.25) is 0 Å². The highest BCUT2D eigenvalue weighted by Gasteiger charge is 2.15. The van der Waals surface area contributed by atoms with Crippen molar-refractivity contribution in [3.8, 4) is 28.4 Å². The Bertz CT molecular complexity index is 933. The molecule has 0 bridgehead atoms. The maximum absolute atomic E-state index is 12.3. The zero-order chi connectivity index (χ0) is 16.0. The Hall–Kier alpha value is -2.95. The van der Waals surface area contributed by atoms with Crippen LogP contribution in [0.25, 0.3) is 16.9 Å². The van der Waals surface area contributed by atoms with Crippen molar-refractivity contribution < 1.29 is 9.47 Å². The van der Waals surface area contributed by atoms with E-state index < -0.39 is 0 Å². The van der Waals surface area contributed by atoms with Gasteiger partial charge in [-0.25, -0.2) is 4.79 Å². The van der Waals surface area contributed by atoms with E-state index in [0.717, 1.165) is 33.8 Å². The molecule has 0 fully saturated rings. The summed E-state index contributed by atoms with van der Waals surface area (Å²) in [7, 11) is 0. The van der Waals surface area contributed by atoms with Crippen LogP contribution in [-0.2, 0) is 0 Å². The molecular weight excluding hydrogens is 292 g/mol. The molecule has 1 N–H and O–H groups in total. The summed E-state index contributed by atoms with van der Waals surface area (Å²) in [5.74, 6) is 1.42. The molecule has 0 unspecified atom stereocenters. The molecule has 0 saturated heterocycles. The Morgan fingerprint density at radius 3 is 2.52 bits per heavy atom. The summed E-state index contributed by atoms with van der Waals surface area (Å²) >= 11 is 0. The number of aryl methyl sites for hydroxylation is 2. The van der Waals surface area contributed by atoms with Gasteiger partial charge in [0.1, 0.15) is 0 Å². The van der Waals surface area contributed by atoms with Crippen LogP contribution in [0.3, 0.4) is 0 Å². The lowest BCUT2D eigenvalue weighted by Gasteiger charge is -2.04. The molecule has 0 radical (unpaired) electrons. The normalized spacial score (nSPS) is 12.6. The van der Waals surface area contributed by atoms with Gasteiger partial charge < -0.3 is 14.5 Å². The number of fused-ring (bicyclic) bond motifs is 1. The van der Waals surface area contributed by atoms with Crippen LogP contribution >= 0.6 is 0 Å². The first-order chi connectivity index (χ1) is 11.1. The van der Waals surface area contributed by atoms with Gasteiger partial charge in [0.15, 0.2) is 11.5 Å². The predicted molar refractivity (Wildman–Crippen MR) is 87.4 cm³/mol. The van der Waals surface area contributed by atoms with Crippen molar-refractivity contribution in [1.29, 1.82) is 0 Å². The van der Waals surface area contributed by atoms with Gasteiger partial charge in [0.05, 0.1) is 11.4 Å². The molecule has 2 heterocycles. The average molecular weight is 308 g/mol. The fraction of sp³-hybridized carbons (Fsp3) is 0.167. The van der Waals surface area contributed by atoms with Gasteiger partial charge in [0, 0.05) is 11.8 Å². The van der Waals surface area contributed by atoms with E-state index in [1.54, 1.807) is 4.57 Å². The maximum atomic E-state index is 12.3. The fourth-order valence-corrected chi connectivity index (χ4v) is 2.89. The second-order valence-electron chi connectivity index (χ2n) is 5.76. The van der Waals surface area contributed by atoms with Crippen LogP contribution in [-0.4, -0.2) is 16.3 Å². The highest BCUT2D eigenvalue weighted by molar-refractivity contribution is 5.64. The Labute approximate surface area is 133 Å². The fourth-order valence-electron chi connectivity index (χ4n) is 2.89. The highest BCUT2D eigenvalue weighted by Crippen LogP contribution is 2.35. The Morgan fingerprint density at radius 1 is 1.00 bits per heavy atom.